The molecule has 9 nitrogen and oxygen atoms in total. The predicted molar refractivity (Wildman–Crippen MR) is 125 cm³/mol. The number of nitrogens with zero attached hydrogens (tertiary/aromatic N) is 2. The number of rotatable bonds is 8. The SMILES string of the molecule is CS(=O)(=O)c1ccc(C(Oc2cc(-c3ccc(C[C@H](N)C(=O)O)cc3)nc(N)n2)C(F)(F)F)c(Cl)c1. The molecule has 3 rings (SSSR count). The van der Waals surface area contributed by atoms with Gasteiger partial charge in [0.2, 0.25) is 17.9 Å². The third-order valence-electron chi connectivity index (χ3n) is 4.96. The lowest BCUT2D eigenvalue weighted by atomic mass is 10.0. The molecule has 2 atom stereocenters. The molecule has 0 saturated carbocycles. The third kappa shape index (κ3) is 6.62. The van der Waals surface area contributed by atoms with Crippen LogP contribution >= 0.6 is 11.6 Å². The molecule has 36 heavy (non-hydrogen) atoms. The van der Waals surface area contributed by atoms with E-state index in [1.165, 1.54) is 0 Å². The third-order valence-corrected chi connectivity index (χ3v) is 6.40. The van der Waals surface area contributed by atoms with Crippen LogP contribution in [-0.4, -0.2) is 47.9 Å². The maximum Gasteiger partial charge on any atom is 0.429 e. The monoisotopic (exact) mass is 544 g/mol. The van der Waals surface area contributed by atoms with Gasteiger partial charge < -0.3 is 21.3 Å². The van der Waals surface area contributed by atoms with E-state index in [2.05, 4.69) is 9.97 Å². The minimum atomic E-state index is -4.94. The molecule has 1 unspecified atom stereocenters. The van der Waals surface area contributed by atoms with Gasteiger partial charge in [0.15, 0.2) is 9.84 Å². The number of sulfone groups is 1. The molecule has 5 N–H and O–H groups in total. The molecule has 0 amide bonds. The number of carboxylic acids is 1. The maximum atomic E-state index is 13.9. The zero-order chi connectivity index (χ0) is 26.8. The van der Waals surface area contributed by atoms with Crippen LogP contribution in [0.25, 0.3) is 11.3 Å². The summed E-state index contributed by atoms with van der Waals surface area (Å²) in [4.78, 5) is 18.4. The first-order valence-corrected chi connectivity index (χ1v) is 12.4. The van der Waals surface area contributed by atoms with Crippen LogP contribution in [0.2, 0.25) is 5.02 Å². The van der Waals surface area contributed by atoms with Crippen LogP contribution in [-0.2, 0) is 21.1 Å². The number of benzene rings is 2. The molecule has 0 fully saturated rings. The Hall–Kier alpha value is -3.42. The molecule has 0 aliphatic carbocycles. The van der Waals surface area contributed by atoms with E-state index in [0.717, 1.165) is 30.5 Å². The number of nitrogens with two attached hydrogens (primary N) is 2. The van der Waals surface area contributed by atoms with Gasteiger partial charge in [0.05, 0.1) is 10.6 Å². The molecule has 0 aliphatic rings. The summed E-state index contributed by atoms with van der Waals surface area (Å²) in [6, 6.07) is 9.20. The molecular formula is C22H20ClF3N4O5S. The number of hydrogen-bond acceptors (Lipinski definition) is 8. The predicted octanol–water partition coefficient (Wildman–Crippen LogP) is 3.42. The average Bonchev–Trinajstić information content (AvgIpc) is 2.76. The van der Waals surface area contributed by atoms with Gasteiger partial charge in [0.25, 0.3) is 0 Å². The number of hydrogen-bond donors (Lipinski definition) is 3. The Morgan fingerprint density at radius 3 is 2.31 bits per heavy atom. The Kier molecular flexibility index (Phi) is 7.76. The first-order valence-electron chi connectivity index (χ1n) is 10.1. The van der Waals surface area contributed by atoms with Gasteiger partial charge in [-0.2, -0.15) is 18.2 Å². The molecular weight excluding hydrogens is 525 g/mol. The molecule has 0 spiro atoms. The fourth-order valence-electron chi connectivity index (χ4n) is 3.18. The van der Waals surface area contributed by atoms with E-state index in [-0.39, 0.29) is 23.0 Å². The van der Waals surface area contributed by atoms with Crippen LogP contribution in [0.4, 0.5) is 19.1 Å². The minimum Gasteiger partial charge on any atom is -0.480 e. The summed E-state index contributed by atoms with van der Waals surface area (Å²) in [7, 11) is -3.70. The van der Waals surface area contributed by atoms with E-state index in [1.54, 1.807) is 24.3 Å². The van der Waals surface area contributed by atoms with E-state index in [9.17, 15) is 26.4 Å². The normalized spacial score (nSPS) is 13.7. The quantitative estimate of drug-likeness (QED) is 0.386. The number of carboxylic acid groups (broad SMARTS) is 1. The summed E-state index contributed by atoms with van der Waals surface area (Å²) in [5, 5.41) is 8.47. The number of aliphatic carboxylic acids is 1. The van der Waals surface area contributed by atoms with Crippen LogP contribution in [0.1, 0.15) is 17.2 Å². The summed E-state index contributed by atoms with van der Waals surface area (Å²) >= 11 is 5.98. The molecule has 0 aliphatic heterocycles. The highest BCUT2D eigenvalue weighted by Crippen LogP contribution is 2.40. The molecule has 192 valence electrons. The largest absolute Gasteiger partial charge is 0.480 e. The van der Waals surface area contributed by atoms with Crippen molar-refractivity contribution in [3.63, 3.8) is 0 Å². The Morgan fingerprint density at radius 2 is 1.78 bits per heavy atom. The number of carbonyl (C=O) groups is 1. The summed E-state index contributed by atoms with van der Waals surface area (Å²) in [5.41, 5.74) is 11.9. The van der Waals surface area contributed by atoms with Crippen molar-refractivity contribution in [3.05, 3.63) is 64.7 Å². The zero-order valence-corrected chi connectivity index (χ0v) is 20.1. The van der Waals surface area contributed by atoms with Crippen molar-refractivity contribution in [3.8, 4) is 17.1 Å². The van der Waals surface area contributed by atoms with Crippen LogP contribution < -0.4 is 16.2 Å². The lowest BCUT2D eigenvalue weighted by Crippen LogP contribution is -2.32. The van der Waals surface area contributed by atoms with Crippen molar-refractivity contribution in [1.29, 1.82) is 0 Å². The summed E-state index contributed by atoms with van der Waals surface area (Å²) < 4.78 is 70.2. The number of anilines is 1. The minimum absolute atomic E-state index is 0.0715. The molecule has 2 aromatic carbocycles. The van der Waals surface area contributed by atoms with Crippen LogP contribution in [0.5, 0.6) is 5.88 Å². The van der Waals surface area contributed by atoms with Gasteiger partial charge >= 0.3 is 12.1 Å². The summed E-state index contributed by atoms with van der Waals surface area (Å²) in [6.07, 6.45) is -6.56. The Bertz CT molecular complexity index is 1390. The van der Waals surface area contributed by atoms with E-state index >= 15 is 0 Å². The average molecular weight is 545 g/mol. The first-order chi connectivity index (χ1) is 16.6. The Labute approximate surface area is 208 Å². The van der Waals surface area contributed by atoms with E-state index < -0.39 is 50.6 Å². The lowest BCUT2D eigenvalue weighted by Gasteiger charge is -2.23. The smallest absolute Gasteiger partial charge is 0.429 e. The van der Waals surface area contributed by atoms with Gasteiger partial charge in [-0.25, -0.2) is 13.4 Å². The highest BCUT2D eigenvalue weighted by atomic mass is 35.5. The zero-order valence-electron chi connectivity index (χ0n) is 18.5. The lowest BCUT2D eigenvalue weighted by molar-refractivity contribution is -0.198. The fourth-order valence-corrected chi connectivity index (χ4v) is 4.17. The molecule has 3 aromatic rings. The topological polar surface area (TPSA) is 158 Å². The van der Waals surface area contributed by atoms with Crippen molar-refractivity contribution in [2.75, 3.05) is 12.0 Å². The first kappa shape index (κ1) is 27.2. The second-order valence-electron chi connectivity index (χ2n) is 7.79. The maximum absolute atomic E-state index is 13.9. The van der Waals surface area contributed by atoms with E-state index in [1.807, 2.05) is 0 Å². The Morgan fingerprint density at radius 1 is 1.14 bits per heavy atom. The van der Waals surface area contributed by atoms with Gasteiger partial charge in [-0.3, -0.25) is 4.79 Å². The molecule has 0 radical (unpaired) electrons. The van der Waals surface area contributed by atoms with Gasteiger partial charge in [-0.05, 0) is 24.1 Å². The molecule has 0 bridgehead atoms. The highest BCUT2D eigenvalue weighted by molar-refractivity contribution is 7.90. The van der Waals surface area contributed by atoms with Crippen molar-refractivity contribution in [2.24, 2.45) is 5.73 Å². The van der Waals surface area contributed by atoms with E-state index in [4.69, 9.17) is 32.9 Å². The van der Waals surface area contributed by atoms with E-state index in [0.29, 0.717) is 11.1 Å². The van der Waals surface area contributed by atoms with Crippen LogP contribution in [0.3, 0.4) is 0 Å². The second kappa shape index (κ2) is 10.3. The van der Waals surface area contributed by atoms with Gasteiger partial charge in [-0.1, -0.05) is 41.9 Å². The molecule has 1 heterocycles. The van der Waals surface area contributed by atoms with Crippen molar-refractivity contribution >= 4 is 33.4 Å². The van der Waals surface area contributed by atoms with Crippen LogP contribution in [0, 0.1) is 0 Å². The summed E-state index contributed by atoms with van der Waals surface area (Å²) in [5.74, 6) is -2.02. The summed E-state index contributed by atoms with van der Waals surface area (Å²) in [6.45, 7) is 0. The number of aromatic nitrogens is 2. The fraction of sp³-hybridized carbons (Fsp3) is 0.227. The van der Waals surface area contributed by atoms with Gasteiger partial charge in [-0.15, -0.1) is 0 Å². The van der Waals surface area contributed by atoms with Crippen LogP contribution in [0.15, 0.2) is 53.4 Å². The molecule has 14 heteroatoms. The van der Waals surface area contributed by atoms with Gasteiger partial charge in [0.1, 0.15) is 6.04 Å². The number of ether oxygens (including phenoxy) is 1. The standard InChI is InChI=1S/C22H20ClF3N4O5S/c1-36(33,34)13-6-7-14(15(23)9-13)19(22(24,25)26)35-18-10-17(29-21(28)30-18)12-4-2-11(3-5-12)8-16(27)20(31)32/h2-7,9-10,16,19H,8,27H2,1H3,(H,31,32)(H2,28,29,30)/t16-,19?/m0/s1. The number of alkyl halides is 3. The van der Waals surface area contributed by atoms with Crippen molar-refractivity contribution in [1.82, 2.24) is 9.97 Å². The molecule has 1 aromatic heterocycles. The second-order valence-corrected chi connectivity index (χ2v) is 10.2. The van der Waals surface area contributed by atoms with Crippen molar-refractivity contribution in [2.45, 2.75) is 29.6 Å². The number of nitrogen functional groups attached to an aromatic ring is 1. The van der Waals surface area contributed by atoms with Gasteiger partial charge in [0, 0.05) is 28.5 Å². The number of halogens is 4. The van der Waals surface area contributed by atoms with Crippen molar-refractivity contribution < 1.29 is 36.2 Å². The highest BCUT2D eigenvalue weighted by Gasteiger charge is 2.44. The molecule has 0 saturated heterocycles. The Balaban J connectivity index is 1.94.